The largest absolute Gasteiger partial charge is 0.339 e. The first-order chi connectivity index (χ1) is 16.8. The summed E-state index contributed by atoms with van der Waals surface area (Å²) in [7, 11) is 0. The number of hydrogen-bond acceptors (Lipinski definition) is 5. The van der Waals surface area contributed by atoms with Crippen molar-refractivity contribution >= 4 is 40.1 Å². The first kappa shape index (κ1) is 23.5. The van der Waals surface area contributed by atoms with Gasteiger partial charge in [-0.3, -0.25) is 19.3 Å². The van der Waals surface area contributed by atoms with Crippen molar-refractivity contribution in [3.05, 3.63) is 41.5 Å². The van der Waals surface area contributed by atoms with E-state index in [1.807, 2.05) is 42.2 Å². The number of likely N-dealkylation sites (tertiary alicyclic amines) is 1. The van der Waals surface area contributed by atoms with Gasteiger partial charge in [0.25, 0.3) is 11.8 Å². The number of imide groups is 1. The maximum Gasteiger partial charge on any atom is 0.325 e. The fourth-order valence-electron chi connectivity index (χ4n) is 5.09. The summed E-state index contributed by atoms with van der Waals surface area (Å²) in [6.07, 6.45) is 4.82. The van der Waals surface area contributed by atoms with E-state index >= 15 is 0 Å². The monoisotopic (exact) mass is 494 g/mol. The van der Waals surface area contributed by atoms with E-state index in [0.717, 1.165) is 53.0 Å². The number of anilines is 1. The quantitative estimate of drug-likeness (QED) is 0.593. The molecule has 2 aromatic rings. The second-order valence-electron chi connectivity index (χ2n) is 9.83. The second kappa shape index (κ2) is 9.11. The van der Waals surface area contributed by atoms with Crippen LogP contribution in [0.3, 0.4) is 0 Å². The zero-order valence-electron chi connectivity index (χ0n) is 20.1. The van der Waals surface area contributed by atoms with Gasteiger partial charge in [-0.05, 0) is 63.0 Å². The molecule has 2 saturated heterocycles. The van der Waals surface area contributed by atoms with E-state index in [9.17, 15) is 19.2 Å². The summed E-state index contributed by atoms with van der Waals surface area (Å²) in [6.45, 7) is 4.65. The van der Waals surface area contributed by atoms with Gasteiger partial charge < -0.3 is 15.5 Å². The Kier molecular flexibility index (Phi) is 6.13. The highest BCUT2D eigenvalue weighted by Gasteiger charge is 2.56. The molecule has 9 heteroatoms. The van der Waals surface area contributed by atoms with E-state index in [1.165, 1.54) is 11.3 Å². The van der Waals surface area contributed by atoms with E-state index in [-0.39, 0.29) is 24.3 Å². The van der Waals surface area contributed by atoms with Gasteiger partial charge in [-0.15, -0.1) is 11.3 Å². The predicted molar refractivity (Wildman–Crippen MR) is 134 cm³/mol. The van der Waals surface area contributed by atoms with Crippen molar-refractivity contribution in [1.29, 1.82) is 0 Å². The number of amides is 5. The number of carbonyl (C=O) groups excluding carboxylic acids is 4. The summed E-state index contributed by atoms with van der Waals surface area (Å²) in [5, 5.41) is 6.09. The lowest BCUT2D eigenvalue weighted by Crippen LogP contribution is -2.46. The van der Waals surface area contributed by atoms with Crippen LogP contribution in [0.15, 0.2) is 30.3 Å². The number of thiophene rings is 1. The van der Waals surface area contributed by atoms with Crippen LogP contribution in [-0.4, -0.2) is 58.7 Å². The average Bonchev–Trinajstić information content (AvgIpc) is 3.64. The van der Waals surface area contributed by atoms with Crippen LogP contribution in [-0.2, 0) is 9.59 Å². The number of nitrogens with zero attached hydrogens (tertiary/aromatic N) is 2. The molecule has 0 bridgehead atoms. The first-order valence-corrected chi connectivity index (χ1v) is 13.0. The molecule has 0 radical (unpaired) electrons. The van der Waals surface area contributed by atoms with Crippen LogP contribution >= 0.6 is 11.3 Å². The van der Waals surface area contributed by atoms with Gasteiger partial charge in [-0.1, -0.05) is 30.3 Å². The Hall–Kier alpha value is -3.20. The lowest BCUT2D eigenvalue weighted by molar-refractivity contribution is -0.134. The Morgan fingerprint density at radius 1 is 1.11 bits per heavy atom. The Morgan fingerprint density at radius 3 is 2.46 bits per heavy atom. The smallest absolute Gasteiger partial charge is 0.325 e. The second-order valence-corrected chi connectivity index (χ2v) is 10.8. The zero-order chi connectivity index (χ0) is 24.7. The molecule has 1 saturated carbocycles. The number of nitrogens with one attached hydrogen (secondary N) is 2. The van der Waals surface area contributed by atoms with Crippen LogP contribution in [0.2, 0.25) is 0 Å². The minimum Gasteiger partial charge on any atom is -0.339 e. The normalized spacial score (nSPS) is 22.3. The van der Waals surface area contributed by atoms with Crippen molar-refractivity contribution in [2.45, 2.75) is 51.5 Å². The summed E-state index contributed by atoms with van der Waals surface area (Å²) < 4.78 is 0. The van der Waals surface area contributed by atoms with E-state index < -0.39 is 17.5 Å². The van der Waals surface area contributed by atoms with Gasteiger partial charge in [-0.2, -0.15) is 0 Å². The molecule has 5 amide bonds. The van der Waals surface area contributed by atoms with Crippen LogP contribution in [0, 0.1) is 12.8 Å². The highest BCUT2D eigenvalue weighted by molar-refractivity contribution is 7.20. The third kappa shape index (κ3) is 4.33. The molecular formula is C26H30N4O4S. The minimum atomic E-state index is -0.938. The topological polar surface area (TPSA) is 98.8 Å². The van der Waals surface area contributed by atoms with E-state index in [0.29, 0.717) is 23.7 Å². The van der Waals surface area contributed by atoms with Gasteiger partial charge in [-0.25, -0.2) is 4.79 Å². The number of hydrogen-bond donors (Lipinski definition) is 2. The van der Waals surface area contributed by atoms with Crippen LogP contribution < -0.4 is 10.6 Å². The fraction of sp³-hybridized carbons (Fsp3) is 0.462. The summed E-state index contributed by atoms with van der Waals surface area (Å²) in [6, 6.07) is 9.22. The predicted octanol–water partition coefficient (Wildman–Crippen LogP) is 4.01. The average molecular weight is 495 g/mol. The highest BCUT2D eigenvalue weighted by atomic mass is 32.1. The van der Waals surface area contributed by atoms with Gasteiger partial charge in [0.2, 0.25) is 5.91 Å². The van der Waals surface area contributed by atoms with Gasteiger partial charge in [0.15, 0.2) is 0 Å². The molecule has 35 heavy (non-hydrogen) atoms. The molecule has 3 fully saturated rings. The number of carbonyl (C=O) groups is 4. The summed E-state index contributed by atoms with van der Waals surface area (Å²) >= 11 is 1.35. The Morgan fingerprint density at radius 2 is 1.80 bits per heavy atom. The summed E-state index contributed by atoms with van der Waals surface area (Å²) in [5.41, 5.74) is 1.34. The maximum atomic E-state index is 13.5. The molecule has 3 aliphatic rings. The van der Waals surface area contributed by atoms with Gasteiger partial charge in [0, 0.05) is 18.0 Å². The Bertz CT molecular complexity index is 1180. The lowest BCUT2D eigenvalue weighted by Gasteiger charge is -2.27. The molecule has 2 aliphatic heterocycles. The molecule has 184 valence electrons. The highest BCUT2D eigenvalue weighted by Crippen LogP contribution is 2.43. The first-order valence-electron chi connectivity index (χ1n) is 12.2. The van der Waals surface area contributed by atoms with Crippen LogP contribution in [0.25, 0.3) is 10.4 Å². The van der Waals surface area contributed by atoms with Gasteiger partial charge in [0.05, 0.1) is 5.56 Å². The van der Waals surface area contributed by atoms with Crippen LogP contribution in [0.5, 0.6) is 0 Å². The summed E-state index contributed by atoms with van der Waals surface area (Å²) in [5.74, 6) is -0.833. The molecule has 8 nitrogen and oxygen atoms in total. The number of urea groups is 1. The maximum absolute atomic E-state index is 13.5. The third-order valence-corrected chi connectivity index (χ3v) is 8.55. The van der Waals surface area contributed by atoms with Crippen LogP contribution in [0.4, 0.5) is 9.80 Å². The molecule has 1 aromatic heterocycles. The van der Waals surface area contributed by atoms with Gasteiger partial charge >= 0.3 is 6.03 Å². The van der Waals surface area contributed by atoms with E-state index in [2.05, 4.69) is 10.6 Å². The fourth-order valence-corrected chi connectivity index (χ4v) is 6.31. The lowest BCUT2D eigenvalue weighted by atomic mass is 9.96. The van der Waals surface area contributed by atoms with Gasteiger partial charge in [0.1, 0.15) is 17.1 Å². The Labute approximate surface area is 208 Å². The third-order valence-electron chi connectivity index (χ3n) is 7.29. The zero-order valence-corrected chi connectivity index (χ0v) is 20.9. The van der Waals surface area contributed by atoms with Crippen molar-refractivity contribution in [2.75, 3.05) is 25.0 Å². The number of benzene rings is 1. The molecule has 2 N–H and O–H groups in total. The number of piperidine rings is 1. The molecule has 1 aromatic carbocycles. The van der Waals surface area contributed by atoms with Crippen molar-refractivity contribution < 1.29 is 19.2 Å². The molecular weight excluding hydrogens is 464 g/mol. The molecule has 0 spiro atoms. The summed E-state index contributed by atoms with van der Waals surface area (Å²) in [4.78, 5) is 55.8. The molecule has 1 unspecified atom stereocenters. The standard InChI is InChI=1S/C26H30N4O4S/c1-16-20(23(32)29-13-7-4-8-14-29)22(35-21(16)17-9-5-3-6-10-17)27-19(31)15-30-24(33)26(2,18-11-12-18)28-25(30)34/h3,5-6,9-10,18H,4,7-8,11-15H2,1-2H3,(H,27,31)(H,28,34). The number of rotatable bonds is 6. The molecule has 5 rings (SSSR count). The SMILES string of the molecule is Cc1c(-c2ccccc2)sc(NC(=O)CN2C(=O)NC(C)(C3CC3)C2=O)c1C(=O)N1CCCCC1. The van der Waals surface area contributed by atoms with E-state index in [4.69, 9.17) is 0 Å². The van der Waals surface area contributed by atoms with Crippen LogP contribution in [0.1, 0.15) is 54.9 Å². The Balaban J connectivity index is 1.41. The van der Waals surface area contributed by atoms with E-state index in [1.54, 1.807) is 6.92 Å². The molecule has 1 atom stereocenters. The van der Waals surface area contributed by atoms with Crippen molar-refractivity contribution in [3.8, 4) is 10.4 Å². The van der Waals surface area contributed by atoms with Crippen molar-refractivity contribution in [1.82, 2.24) is 15.1 Å². The molecule has 3 heterocycles. The van der Waals surface area contributed by atoms with Crippen molar-refractivity contribution in [3.63, 3.8) is 0 Å². The van der Waals surface area contributed by atoms with Crippen molar-refractivity contribution in [2.24, 2.45) is 5.92 Å². The minimum absolute atomic E-state index is 0.0905. The molecule has 1 aliphatic carbocycles.